The number of nitrogens with zero attached hydrogens (tertiary/aromatic N) is 2. The van der Waals surface area contributed by atoms with E-state index in [9.17, 15) is 27.3 Å². The Balaban J connectivity index is 1.96. The predicted octanol–water partition coefficient (Wildman–Crippen LogP) is 2.69. The van der Waals surface area contributed by atoms with Crippen LogP contribution in [0.25, 0.3) is 0 Å². The number of rotatable bonds is 5. The molecule has 0 atom stereocenters. The smallest absolute Gasteiger partial charge is 0.312 e. The Kier molecular flexibility index (Phi) is 5.35. The Hall–Kier alpha value is -2.63. The van der Waals surface area contributed by atoms with E-state index in [2.05, 4.69) is 0 Å². The molecule has 0 aromatic heterocycles. The van der Waals surface area contributed by atoms with Crippen LogP contribution >= 0.6 is 0 Å². The molecule has 8 nitrogen and oxygen atoms in total. The third-order valence-electron chi connectivity index (χ3n) is 3.85. The number of ether oxygens (including phenoxy) is 2. The Morgan fingerprint density at radius 3 is 2.37 bits per heavy atom. The van der Waals surface area contributed by atoms with Crippen molar-refractivity contribution in [1.82, 2.24) is 4.31 Å². The van der Waals surface area contributed by atoms with E-state index < -0.39 is 38.0 Å². The topological polar surface area (TPSA) is 99.0 Å². The maximum atomic E-state index is 13.7. The molecule has 1 fully saturated rings. The maximum Gasteiger partial charge on any atom is 0.312 e. The van der Waals surface area contributed by atoms with Gasteiger partial charge in [0.25, 0.3) is 0 Å². The first-order valence-electron chi connectivity index (χ1n) is 7.78. The van der Waals surface area contributed by atoms with Crippen molar-refractivity contribution < 1.29 is 31.6 Å². The van der Waals surface area contributed by atoms with E-state index in [1.807, 2.05) is 0 Å². The van der Waals surface area contributed by atoms with Crippen molar-refractivity contribution in [3.05, 3.63) is 58.1 Å². The molecule has 0 bridgehead atoms. The molecule has 0 spiro atoms. The largest absolute Gasteiger partial charge is 0.447 e. The zero-order valence-electron chi connectivity index (χ0n) is 13.8. The fraction of sp³-hybridized carbons (Fsp3) is 0.250. The summed E-state index contributed by atoms with van der Waals surface area (Å²) < 4.78 is 63.4. The van der Waals surface area contributed by atoms with Crippen LogP contribution in [0, 0.1) is 21.7 Å². The predicted molar refractivity (Wildman–Crippen MR) is 89.1 cm³/mol. The average molecular weight is 400 g/mol. The Morgan fingerprint density at radius 1 is 1.07 bits per heavy atom. The lowest BCUT2D eigenvalue weighted by Crippen LogP contribution is -2.40. The minimum atomic E-state index is -3.95. The van der Waals surface area contributed by atoms with E-state index >= 15 is 0 Å². The highest BCUT2D eigenvalue weighted by molar-refractivity contribution is 7.89. The fourth-order valence-corrected chi connectivity index (χ4v) is 3.93. The van der Waals surface area contributed by atoms with Gasteiger partial charge in [0.1, 0.15) is 5.82 Å². The molecule has 3 rings (SSSR count). The summed E-state index contributed by atoms with van der Waals surface area (Å²) in [6.45, 7) is 0.725. The van der Waals surface area contributed by atoms with Gasteiger partial charge in [-0.1, -0.05) is 0 Å². The van der Waals surface area contributed by atoms with E-state index in [0.717, 1.165) is 34.6 Å². The molecule has 1 aliphatic rings. The normalized spacial score (nSPS) is 15.5. The molecule has 0 saturated carbocycles. The second kappa shape index (κ2) is 7.55. The van der Waals surface area contributed by atoms with Gasteiger partial charge in [-0.15, -0.1) is 0 Å². The first-order chi connectivity index (χ1) is 12.8. The minimum Gasteiger partial charge on any atom is -0.447 e. The highest BCUT2D eigenvalue weighted by Gasteiger charge is 2.29. The van der Waals surface area contributed by atoms with E-state index in [4.69, 9.17) is 9.47 Å². The van der Waals surface area contributed by atoms with Gasteiger partial charge in [0, 0.05) is 25.2 Å². The van der Waals surface area contributed by atoms with Crippen LogP contribution in [0.15, 0.2) is 41.3 Å². The molecule has 0 aliphatic carbocycles. The molecule has 0 amide bonds. The number of nitro groups is 1. The lowest BCUT2D eigenvalue weighted by Gasteiger charge is -2.26. The van der Waals surface area contributed by atoms with Gasteiger partial charge >= 0.3 is 5.69 Å². The zero-order chi connectivity index (χ0) is 19.6. The standard InChI is InChI=1S/C16H14F2N2O6S/c17-11-1-3-15(13(18)9-11)26-16-4-2-12(10-14(16)20(21)22)27(23,24)19-5-7-25-8-6-19/h1-4,9-10H,5-8H2. The van der Waals surface area contributed by atoms with Crippen molar-refractivity contribution in [2.24, 2.45) is 0 Å². The number of hydrogen-bond donors (Lipinski definition) is 0. The lowest BCUT2D eigenvalue weighted by atomic mass is 10.3. The Bertz CT molecular complexity index is 977. The summed E-state index contributed by atoms with van der Waals surface area (Å²) in [7, 11) is -3.95. The zero-order valence-corrected chi connectivity index (χ0v) is 14.6. The van der Waals surface area contributed by atoms with Crippen molar-refractivity contribution >= 4 is 15.7 Å². The molecule has 2 aromatic rings. The van der Waals surface area contributed by atoms with E-state index in [0.29, 0.717) is 6.07 Å². The summed E-state index contributed by atoms with van der Waals surface area (Å²) in [5, 5.41) is 11.3. The number of benzene rings is 2. The first kappa shape index (κ1) is 19.1. The minimum absolute atomic E-state index is 0.134. The van der Waals surface area contributed by atoms with Gasteiger partial charge in [0.15, 0.2) is 11.6 Å². The van der Waals surface area contributed by atoms with Crippen LogP contribution in [0.5, 0.6) is 11.5 Å². The first-order valence-corrected chi connectivity index (χ1v) is 9.22. The van der Waals surface area contributed by atoms with Gasteiger partial charge in [-0.2, -0.15) is 4.31 Å². The lowest BCUT2D eigenvalue weighted by molar-refractivity contribution is -0.385. The summed E-state index contributed by atoms with van der Waals surface area (Å²) in [5.41, 5.74) is -0.659. The molecule has 0 N–H and O–H groups in total. The molecule has 27 heavy (non-hydrogen) atoms. The van der Waals surface area contributed by atoms with E-state index in [-0.39, 0.29) is 36.9 Å². The van der Waals surface area contributed by atoms with Crippen LogP contribution in [-0.4, -0.2) is 43.9 Å². The number of sulfonamides is 1. The third-order valence-corrected chi connectivity index (χ3v) is 5.74. The number of hydrogen-bond acceptors (Lipinski definition) is 6. The molecule has 0 radical (unpaired) electrons. The van der Waals surface area contributed by atoms with Crippen LogP contribution in [0.4, 0.5) is 14.5 Å². The van der Waals surface area contributed by atoms with E-state index in [1.165, 1.54) is 0 Å². The maximum absolute atomic E-state index is 13.7. The number of morpholine rings is 1. The van der Waals surface area contributed by atoms with Crippen molar-refractivity contribution in [3.63, 3.8) is 0 Å². The molecule has 1 saturated heterocycles. The van der Waals surface area contributed by atoms with Gasteiger partial charge < -0.3 is 9.47 Å². The van der Waals surface area contributed by atoms with Crippen LogP contribution in [0.1, 0.15) is 0 Å². The second-order valence-corrected chi connectivity index (χ2v) is 7.52. The summed E-state index contributed by atoms with van der Waals surface area (Å²) in [5.74, 6) is -2.68. The van der Waals surface area contributed by atoms with Crippen LogP contribution < -0.4 is 4.74 Å². The van der Waals surface area contributed by atoms with Gasteiger partial charge in [-0.3, -0.25) is 10.1 Å². The molecule has 1 aliphatic heterocycles. The highest BCUT2D eigenvalue weighted by Crippen LogP contribution is 2.35. The van der Waals surface area contributed by atoms with Gasteiger partial charge in [-0.25, -0.2) is 17.2 Å². The van der Waals surface area contributed by atoms with Crippen LogP contribution in [-0.2, 0) is 14.8 Å². The van der Waals surface area contributed by atoms with Crippen molar-refractivity contribution in [1.29, 1.82) is 0 Å². The van der Waals surface area contributed by atoms with Crippen molar-refractivity contribution in [3.8, 4) is 11.5 Å². The fourth-order valence-electron chi connectivity index (χ4n) is 2.50. The Morgan fingerprint density at radius 2 is 1.74 bits per heavy atom. The van der Waals surface area contributed by atoms with Crippen molar-refractivity contribution in [2.75, 3.05) is 26.3 Å². The number of halogens is 2. The Labute approximate surface area is 153 Å². The summed E-state index contributed by atoms with van der Waals surface area (Å²) >= 11 is 0. The highest BCUT2D eigenvalue weighted by atomic mass is 32.2. The summed E-state index contributed by atoms with van der Waals surface area (Å²) in [4.78, 5) is 10.2. The SMILES string of the molecule is O=[N+]([O-])c1cc(S(=O)(=O)N2CCOCC2)ccc1Oc1ccc(F)cc1F. The molecule has 11 heteroatoms. The van der Waals surface area contributed by atoms with Gasteiger partial charge in [-0.05, 0) is 24.3 Å². The molecular formula is C16H14F2N2O6S. The second-order valence-electron chi connectivity index (χ2n) is 5.58. The molecule has 144 valence electrons. The third kappa shape index (κ3) is 4.04. The van der Waals surface area contributed by atoms with Gasteiger partial charge in [0.2, 0.25) is 15.8 Å². The summed E-state index contributed by atoms with van der Waals surface area (Å²) in [6.07, 6.45) is 0. The van der Waals surface area contributed by atoms with E-state index in [1.54, 1.807) is 0 Å². The molecule has 0 unspecified atom stereocenters. The summed E-state index contributed by atoms with van der Waals surface area (Å²) in [6, 6.07) is 5.52. The van der Waals surface area contributed by atoms with Crippen LogP contribution in [0.3, 0.4) is 0 Å². The number of nitro benzene ring substituents is 1. The molecular weight excluding hydrogens is 386 g/mol. The monoisotopic (exact) mass is 400 g/mol. The molecule has 2 aromatic carbocycles. The average Bonchev–Trinajstić information content (AvgIpc) is 2.64. The molecule has 1 heterocycles. The van der Waals surface area contributed by atoms with Gasteiger partial charge in [0.05, 0.1) is 23.0 Å². The van der Waals surface area contributed by atoms with Crippen molar-refractivity contribution in [2.45, 2.75) is 4.90 Å². The van der Waals surface area contributed by atoms with Crippen LogP contribution in [0.2, 0.25) is 0 Å². The quantitative estimate of drug-likeness (QED) is 0.565.